The minimum atomic E-state index is -0.218. The second-order valence-electron chi connectivity index (χ2n) is 6.51. The number of rotatable bonds is 5. The maximum absolute atomic E-state index is 11.9. The molecule has 2 aliphatic heterocycles. The van der Waals surface area contributed by atoms with Crippen molar-refractivity contribution in [3.63, 3.8) is 0 Å². The average Bonchev–Trinajstić information content (AvgIpc) is 3.08. The highest BCUT2D eigenvalue weighted by molar-refractivity contribution is 5.77. The fraction of sp³-hybridized carbons (Fsp3) is 0.588. The number of carbonyl (C=O) groups is 1. The zero-order valence-corrected chi connectivity index (χ0v) is 13.2. The van der Waals surface area contributed by atoms with Gasteiger partial charge in [-0.3, -0.25) is 4.79 Å². The highest BCUT2D eigenvalue weighted by Crippen LogP contribution is 2.41. The molecule has 0 spiro atoms. The molecule has 1 unspecified atom stereocenters. The molecule has 5 nitrogen and oxygen atoms in total. The van der Waals surface area contributed by atoms with Crippen LogP contribution in [0.5, 0.6) is 11.5 Å². The Morgan fingerprint density at radius 3 is 3.09 bits per heavy atom. The van der Waals surface area contributed by atoms with Crippen LogP contribution in [0.4, 0.5) is 0 Å². The van der Waals surface area contributed by atoms with Crippen molar-refractivity contribution in [2.24, 2.45) is 0 Å². The summed E-state index contributed by atoms with van der Waals surface area (Å²) in [5, 5.41) is 2.85. The van der Waals surface area contributed by atoms with Gasteiger partial charge in [-0.25, -0.2) is 0 Å². The van der Waals surface area contributed by atoms with Crippen LogP contribution in [0, 0.1) is 0 Å². The van der Waals surface area contributed by atoms with Crippen molar-refractivity contribution in [3.8, 4) is 11.5 Å². The van der Waals surface area contributed by atoms with Crippen LogP contribution in [0.2, 0.25) is 0 Å². The van der Waals surface area contributed by atoms with E-state index in [0.717, 1.165) is 37.2 Å². The van der Waals surface area contributed by atoms with Crippen LogP contribution in [-0.2, 0) is 16.0 Å². The Bertz CT molecular complexity index is 550. The molecule has 2 heterocycles. The Morgan fingerprint density at radius 2 is 2.32 bits per heavy atom. The molecule has 1 N–H and O–H groups in total. The number of benzene rings is 1. The van der Waals surface area contributed by atoms with Gasteiger partial charge in [0.05, 0.1) is 6.10 Å². The molecule has 1 aromatic rings. The van der Waals surface area contributed by atoms with Gasteiger partial charge in [0.25, 0.3) is 5.91 Å². The van der Waals surface area contributed by atoms with E-state index in [-0.39, 0.29) is 24.2 Å². The van der Waals surface area contributed by atoms with Crippen molar-refractivity contribution in [3.05, 3.63) is 23.8 Å². The lowest BCUT2D eigenvalue weighted by molar-refractivity contribution is -0.123. The Hall–Kier alpha value is -1.75. The summed E-state index contributed by atoms with van der Waals surface area (Å²) >= 11 is 0. The minimum absolute atomic E-state index is 0.00698. The Kier molecular flexibility index (Phi) is 4.25. The largest absolute Gasteiger partial charge is 0.483 e. The van der Waals surface area contributed by atoms with E-state index in [1.54, 1.807) is 0 Å². The van der Waals surface area contributed by atoms with Crippen molar-refractivity contribution in [1.29, 1.82) is 0 Å². The van der Waals surface area contributed by atoms with Crippen molar-refractivity contribution in [2.45, 2.75) is 44.8 Å². The number of fused-ring (bicyclic) bond motifs is 1. The Balaban J connectivity index is 1.52. The van der Waals surface area contributed by atoms with Crippen LogP contribution in [0.15, 0.2) is 18.2 Å². The zero-order chi connectivity index (χ0) is 15.6. The van der Waals surface area contributed by atoms with E-state index in [0.29, 0.717) is 12.3 Å². The van der Waals surface area contributed by atoms with Gasteiger partial charge in [0.2, 0.25) is 0 Å². The summed E-state index contributed by atoms with van der Waals surface area (Å²) in [5.74, 6) is 1.26. The first-order chi connectivity index (χ1) is 10.5. The van der Waals surface area contributed by atoms with E-state index in [2.05, 4.69) is 5.32 Å². The molecule has 0 saturated carbocycles. The molecule has 3 rings (SSSR count). The molecule has 1 amide bonds. The molecule has 1 atom stereocenters. The zero-order valence-electron chi connectivity index (χ0n) is 13.2. The van der Waals surface area contributed by atoms with Crippen LogP contribution < -0.4 is 14.8 Å². The Morgan fingerprint density at radius 1 is 1.45 bits per heavy atom. The van der Waals surface area contributed by atoms with Gasteiger partial charge in [0.1, 0.15) is 5.60 Å². The lowest BCUT2D eigenvalue weighted by atomic mass is 10.0. The summed E-state index contributed by atoms with van der Waals surface area (Å²) in [7, 11) is 0. The molecule has 2 aliphatic rings. The van der Waals surface area contributed by atoms with Gasteiger partial charge in [-0.1, -0.05) is 12.1 Å². The third-order valence-corrected chi connectivity index (χ3v) is 3.96. The van der Waals surface area contributed by atoms with Crippen molar-refractivity contribution >= 4 is 5.91 Å². The molecular formula is C17H23NO4. The number of amides is 1. The van der Waals surface area contributed by atoms with Gasteiger partial charge in [-0.15, -0.1) is 0 Å². The van der Waals surface area contributed by atoms with E-state index in [1.165, 1.54) is 0 Å². The van der Waals surface area contributed by atoms with Gasteiger partial charge < -0.3 is 19.5 Å². The van der Waals surface area contributed by atoms with Gasteiger partial charge in [-0.05, 0) is 32.8 Å². The standard InChI is InChI=1S/C17H23NO4/c1-17(2)9-12-5-3-7-14(16(12)22-17)21-11-15(19)18-10-13-6-4-8-20-13/h3,5,7,13H,4,6,8-11H2,1-2H3,(H,18,19). The molecule has 120 valence electrons. The fourth-order valence-corrected chi connectivity index (χ4v) is 2.93. The molecule has 0 radical (unpaired) electrons. The minimum Gasteiger partial charge on any atom is -0.483 e. The van der Waals surface area contributed by atoms with E-state index >= 15 is 0 Å². The van der Waals surface area contributed by atoms with Gasteiger partial charge in [0, 0.05) is 25.1 Å². The van der Waals surface area contributed by atoms with Crippen LogP contribution in [0.25, 0.3) is 0 Å². The van der Waals surface area contributed by atoms with E-state index < -0.39 is 0 Å². The summed E-state index contributed by atoms with van der Waals surface area (Å²) in [5.41, 5.74) is 0.909. The predicted octanol–water partition coefficient (Wildman–Crippen LogP) is 2.07. The summed E-state index contributed by atoms with van der Waals surface area (Å²) in [6, 6.07) is 5.81. The van der Waals surface area contributed by atoms with Crippen LogP contribution in [0.3, 0.4) is 0 Å². The second-order valence-corrected chi connectivity index (χ2v) is 6.51. The van der Waals surface area contributed by atoms with E-state index in [1.807, 2.05) is 32.0 Å². The summed E-state index contributed by atoms with van der Waals surface area (Å²) in [6.07, 6.45) is 3.08. The molecule has 0 aromatic heterocycles. The highest BCUT2D eigenvalue weighted by Gasteiger charge is 2.32. The first-order valence-corrected chi connectivity index (χ1v) is 7.85. The molecule has 22 heavy (non-hydrogen) atoms. The number of carbonyl (C=O) groups excluding carboxylic acids is 1. The number of para-hydroxylation sites is 1. The van der Waals surface area contributed by atoms with E-state index in [4.69, 9.17) is 14.2 Å². The smallest absolute Gasteiger partial charge is 0.258 e. The SMILES string of the molecule is CC1(C)Cc2cccc(OCC(=O)NCC3CCCO3)c2O1. The molecule has 1 saturated heterocycles. The lowest BCUT2D eigenvalue weighted by Gasteiger charge is -2.18. The molecule has 0 bridgehead atoms. The maximum Gasteiger partial charge on any atom is 0.258 e. The highest BCUT2D eigenvalue weighted by atomic mass is 16.5. The number of hydrogen-bond donors (Lipinski definition) is 1. The van der Waals surface area contributed by atoms with E-state index in [9.17, 15) is 4.79 Å². The first-order valence-electron chi connectivity index (χ1n) is 7.85. The molecule has 0 aliphatic carbocycles. The first kappa shape index (κ1) is 15.2. The lowest BCUT2D eigenvalue weighted by Crippen LogP contribution is -2.35. The van der Waals surface area contributed by atoms with Crippen molar-refractivity contribution in [2.75, 3.05) is 19.8 Å². The van der Waals surface area contributed by atoms with Gasteiger partial charge in [-0.2, -0.15) is 0 Å². The van der Waals surface area contributed by atoms with Crippen LogP contribution in [-0.4, -0.2) is 37.4 Å². The Labute approximate surface area is 130 Å². The average molecular weight is 305 g/mol. The predicted molar refractivity (Wildman–Crippen MR) is 82.3 cm³/mol. The fourth-order valence-electron chi connectivity index (χ4n) is 2.93. The summed E-state index contributed by atoms with van der Waals surface area (Å²) in [6.45, 7) is 5.43. The van der Waals surface area contributed by atoms with Crippen LogP contribution in [0.1, 0.15) is 32.3 Å². The van der Waals surface area contributed by atoms with Gasteiger partial charge in [0.15, 0.2) is 18.1 Å². The van der Waals surface area contributed by atoms with Crippen LogP contribution >= 0.6 is 0 Å². The molecular weight excluding hydrogens is 282 g/mol. The maximum atomic E-state index is 11.9. The number of nitrogens with one attached hydrogen (secondary N) is 1. The number of ether oxygens (including phenoxy) is 3. The van der Waals surface area contributed by atoms with Gasteiger partial charge >= 0.3 is 0 Å². The normalized spacial score (nSPS) is 22.0. The topological polar surface area (TPSA) is 56.8 Å². The molecule has 1 aromatic carbocycles. The molecule has 5 heteroatoms. The van der Waals surface area contributed by atoms with Crippen molar-refractivity contribution < 1.29 is 19.0 Å². The third kappa shape index (κ3) is 3.53. The molecule has 1 fully saturated rings. The monoisotopic (exact) mass is 305 g/mol. The summed E-state index contributed by atoms with van der Waals surface area (Å²) in [4.78, 5) is 11.9. The second kappa shape index (κ2) is 6.16. The summed E-state index contributed by atoms with van der Waals surface area (Å²) < 4.78 is 17.0. The number of hydrogen-bond acceptors (Lipinski definition) is 4. The quantitative estimate of drug-likeness (QED) is 0.905. The third-order valence-electron chi connectivity index (χ3n) is 3.96. The van der Waals surface area contributed by atoms with Crippen molar-refractivity contribution in [1.82, 2.24) is 5.32 Å².